The number of aliphatic carboxylic acids is 4. The lowest BCUT2D eigenvalue weighted by atomic mass is 10.00. The van der Waals surface area contributed by atoms with Gasteiger partial charge >= 0.3 is 47.8 Å². The Hall–Kier alpha value is -5.04. The Morgan fingerprint density at radius 3 is 0.608 bits per heavy atom. The molecule has 0 saturated carbocycles. The number of hydrogen-bond acceptors (Lipinski definition) is 32. The number of ether oxygens (including phenoxy) is 12. The molecule has 0 aromatic heterocycles. The summed E-state index contributed by atoms with van der Waals surface area (Å²) in [6.07, 6.45) is -26.6. The van der Waals surface area contributed by atoms with Gasteiger partial charge in [0.15, 0.2) is 25.2 Å². The zero-order valence-electron chi connectivity index (χ0n) is 60.2. The third-order valence-corrected chi connectivity index (χ3v) is 16.9. The van der Waals surface area contributed by atoms with E-state index in [9.17, 15) is 99.6 Å². The molecule has 0 bridgehead atoms. The van der Waals surface area contributed by atoms with Crippen molar-refractivity contribution in [3.8, 4) is 0 Å². The van der Waals surface area contributed by atoms with Crippen molar-refractivity contribution >= 4 is 47.8 Å². The highest BCUT2D eigenvalue weighted by molar-refractivity contribution is 5.74. The molecule has 0 amide bonds. The first-order chi connectivity index (χ1) is 47.8. The van der Waals surface area contributed by atoms with Crippen LogP contribution in [0.5, 0.6) is 0 Å². The van der Waals surface area contributed by atoms with Crippen molar-refractivity contribution < 1.29 is 177 Å². The molecule has 4 rings (SSSR count). The van der Waals surface area contributed by atoms with Gasteiger partial charge in [0, 0.05) is 0 Å². The molecular formula is C66H116O36. The maximum absolute atomic E-state index is 12.1. The van der Waals surface area contributed by atoms with Crippen molar-refractivity contribution in [3.63, 3.8) is 0 Å². The fourth-order valence-corrected chi connectivity index (χ4v) is 10.5. The summed E-state index contributed by atoms with van der Waals surface area (Å²) >= 11 is 0. The Kier molecular flexibility index (Phi) is 45.6. The van der Waals surface area contributed by atoms with Gasteiger partial charge in [-0.05, 0) is 79.1 Å². The van der Waals surface area contributed by atoms with Gasteiger partial charge in [0.2, 0.25) is 0 Å². The summed E-state index contributed by atoms with van der Waals surface area (Å²) in [4.78, 5) is 91.2. The van der Waals surface area contributed by atoms with Crippen molar-refractivity contribution in [3.05, 3.63) is 0 Å². The minimum atomic E-state index is -1.45. The van der Waals surface area contributed by atoms with Gasteiger partial charge in [0.1, 0.15) is 97.7 Å². The molecule has 12 unspecified atom stereocenters. The van der Waals surface area contributed by atoms with Crippen molar-refractivity contribution in [2.75, 3.05) is 0 Å². The molecule has 4 aliphatic rings. The van der Waals surface area contributed by atoms with Gasteiger partial charge in [-0.2, -0.15) is 0 Å². The number of rotatable bonds is 38. The smallest absolute Gasteiger partial charge is 0.308 e. The van der Waals surface area contributed by atoms with Crippen LogP contribution >= 0.6 is 0 Å². The van der Waals surface area contributed by atoms with Gasteiger partial charge in [-0.1, -0.05) is 68.2 Å². The molecule has 0 spiro atoms. The highest BCUT2D eigenvalue weighted by Gasteiger charge is 2.47. The number of carbonyl (C=O) groups excluding carboxylic acids is 4. The molecule has 16 N–H and O–H groups in total. The van der Waals surface area contributed by atoms with Crippen LogP contribution in [0.2, 0.25) is 0 Å². The molecule has 4 saturated heterocycles. The summed E-state index contributed by atoms with van der Waals surface area (Å²) < 4.78 is 64.3. The van der Waals surface area contributed by atoms with Crippen LogP contribution in [0.4, 0.5) is 0 Å². The van der Waals surface area contributed by atoms with E-state index in [0.29, 0.717) is 64.2 Å². The summed E-state index contributed by atoms with van der Waals surface area (Å²) in [5, 5.41) is 153. The zero-order chi connectivity index (χ0) is 78.0. The van der Waals surface area contributed by atoms with E-state index in [4.69, 9.17) is 77.3 Å². The van der Waals surface area contributed by atoms with Gasteiger partial charge in [0.05, 0.1) is 100 Å². The molecule has 0 aromatic carbocycles. The lowest BCUT2D eigenvalue weighted by Crippen LogP contribution is -2.58. The molecule has 596 valence electrons. The maximum atomic E-state index is 12.1. The summed E-state index contributed by atoms with van der Waals surface area (Å²) in [6, 6.07) is 0. The largest absolute Gasteiger partial charge is 0.481 e. The monoisotopic (exact) mass is 1480 g/mol. The Morgan fingerprint density at radius 1 is 0.265 bits per heavy atom. The highest BCUT2D eigenvalue weighted by Crippen LogP contribution is 2.29. The first-order valence-electron chi connectivity index (χ1n) is 34.8. The van der Waals surface area contributed by atoms with Crippen LogP contribution in [-0.2, 0) is 95.2 Å². The Labute approximate surface area is 593 Å². The molecule has 4 fully saturated rings. The van der Waals surface area contributed by atoms with Gasteiger partial charge < -0.3 is 139 Å². The fraction of sp³-hybridized carbons (Fsp3) is 0.879. The second kappa shape index (κ2) is 48.9. The van der Waals surface area contributed by atoms with E-state index in [0.717, 1.165) is 0 Å². The lowest BCUT2D eigenvalue weighted by Gasteiger charge is -2.40. The van der Waals surface area contributed by atoms with E-state index in [2.05, 4.69) is 0 Å². The number of esters is 4. The van der Waals surface area contributed by atoms with E-state index in [1.165, 1.54) is 27.7 Å². The topological polar surface area (TPSA) is 571 Å². The minimum absolute atomic E-state index is 0.143. The molecule has 4 heterocycles. The molecule has 4 aliphatic heterocycles. The summed E-state index contributed by atoms with van der Waals surface area (Å²) in [7, 11) is 0. The lowest BCUT2D eigenvalue weighted by molar-refractivity contribution is -0.304. The summed E-state index contributed by atoms with van der Waals surface area (Å²) in [5.74, 6) is -6.62. The standard InChI is InChI=1S/2C17H30O9.2C16H28O9/c2*1-4-6-11(7-12(18)19)25-13(20)8-10(5-2)26-17-16(23)15(22)14(21)9(3)24-17;2*1-4-9(6-11(17)18)24-12(19)7-10(5-2)25-16-15(22)14(21)13(20)8(3)23-16/h2*9-11,14-17,21-23H,4-8H2,1-3H3,(H,18,19);2*8-10,13-16,20-22H,4-7H2,1-3H3,(H,17,18)/t9?,10-,11+,14-,15-,16?,17-;9?,10-,11-,14-,15-,16?,17-;2*8?,9?,10?,13-,14-,15?,16-/m0000/s1. The predicted octanol–water partition coefficient (Wildman–Crippen LogP) is -0.0370. The second-order valence-electron chi connectivity index (χ2n) is 25.4. The Bertz CT molecular complexity index is 2280. The van der Waals surface area contributed by atoms with Crippen LogP contribution in [0.15, 0.2) is 0 Å². The van der Waals surface area contributed by atoms with Crippen LogP contribution in [-0.4, -0.2) is 301 Å². The number of hydrogen-bond donors (Lipinski definition) is 16. The fourth-order valence-electron chi connectivity index (χ4n) is 10.5. The average Bonchev–Trinajstić information content (AvgIpc) is 0.840. The highest BCUT2D eigenvalue weighted by atomic mass is 16.7. The van der Waals surface area contributed by atoms with Crippen LogP contribution in [0.1, 0.15) is 199 Å². The van der Waals surface area contributed by atoms with Gasteiger partial charge in [-0.25, -0.2) is 0 Å². The van der Waals surface area contributed by atoms with Crippen molar-refractivity contribution in [1.82, 2.24) is 0 Å². The van der Waals surface area contributed by atoms with E-state index >= 15 is 0 Å². The number of aliphatic hydroxyl groups excluding tert-OH is 12. The first-order valence-corrected chi connectivity index (χ1v) is 34.8. The predicted molar refractivity (Wildman–Crippen MR) is 347 cm³/mol. The molecule has 0 aliphatic carbocycles. The van der Waals surface area contributed by atoms with Gasteiger partial charge in [0.25, 0.3) is 0 Å². The van der Waals surface area contributed by atoms with Crippen molar-refractivity contribution in [2.24, 2.45) is 0 Å². The molecule has 0 radical (unpaired) electrons. The van der Waals surface area contributed by atoms with Crippen molar-refractivity contribution in [2.45, 2.75) is 370 Å². The molecule has 36 nitrogen and oxygen atoms in total. The Balaban J connectivity index is 0.000000680. The third kappa shape index (κ3) is 34.0. The van der Waals surface area contributed by atoms with Crippen LogP contribution in [0.3, 0.4) is 0 Å². The first kappa shape index (κ1) is 95.0. The van der Waals surface area contributed by atoms with E-state index in [1.807, 2.05) is 13.8 Å². The number of carboxylic acid groups (broad SMARTS) is 4. The van der Waals surface area contributed by atoms with E-state index in [1.54, 1.807) is 41.5 Å². The molecule has 28 atom stereocenters. The normalized spacial score (nSPS) is 31.6. The number of aliphatic hydroxyl groups is 12. The van der Waals surface area contributed by atoms with Crippen LogP contribution in [0.25, 0.3) is 0 Å². The second-order valence-corrected chi connectivity index (χ2v) is 25.4. The average molecular weight is 1490 g/mol. The van der Waals surface area contributed by atoms with Crippen molar-refractivity contribution in [1.29, 1.82) is 0 Å². The summed E-state index contributed by atoms with van der Waals surface area (Å²) in [6.45, 7) is 20.3. The molecule has 36 heteroatoms. The maximum Gasteiger partial charge on any atom is 0.308 e. The molecular weight excluding hydrogens is 1370 g/mol. The summed E-state index contributed by atoms with van der Waals surface area (Å²) in [5.41, 5.74) is 0. The number of carbonyl (C=O) groups is 8. The quantitative estimate of drug-likeness (QED) is 0.0285. The molecule has 102 heavy (non-hydrogen) atoms. The van der Waals surface area contributed by atoms with Crippen LogP contribution in [0, 0.1) is 0 Å². The third-order valence-electron chi connectivity index (χ3n) is 16.9. The van der Waals surface area contributed by atoms with Gasteiger partial charge in [-0.15, -0.1) is 0 Å². The Morgan fingerprint density at radius 2 is 0.441 bits per heavy atom. The van der Waals surface area contributed by atoms with Crippen LogP contribution < -0.4 is 0 Å². The molecule has 0 aromatic rings. The van der Waals surface area contributed by atoms with E-state index in [-0.39, 0.29) is 51.4 Å². The number of carboxylic acids is 4. The minimum Gasteiger partial charge on any atom is -0.481 e. The SMILES string of the molecule is CCC(CC(=O)O)OC(=O)CC(CC)O[C@@H]1OC(C)[C@H](O)[C@H](O)C1O.CCC(CC(=O)O)OC(=O)CC(CC)O[C@@H]1OC(C)[C@H](O)[C@H](O)C1O.CCC[C@@H](CC(=O)O)OC(=O)C[C@H](CC)O[C@@H]1OC(C)[C@H](O)[C@H](O)C1O.CCC[C@H](CC(=O)O)OC(=O)C[C@H](CC)O[C@@H]1OC(C)[C@H](O)[C@H](O)C1O. The zero-order valence-corrected chi connectivity index (χ0v) is 60.2. The van der Waals surface area contributed by atoms with Gasteiger partial charge in [-0.3, -0.25) is 38.4 Å². The van der Waals surface area contributed by atoms with E-state index < -0.39 is 219 Å².